The van der Waals surface area contributed by atoms with Crippen LogP contribution in [0.4, 0.5) is 0 Å². The lowest BCUT2D eigenvalue weighted by atomic mass is 9.78. The van der Waals surface area contributed by atoms with Gasteiger partial charge in [-0.05, 0) is 11.3 Å². The van der Waals surface area contributed by atoms with E-state index in [4.69, 9.17) is 0 Å². The van der Waals surface area contributed by atoms with Gasteiger partial charge in [0.1, 0.15) is 11.8 Å². The zero-order valence-electron chi connectivity index (χ0n) is 9.52. The van der Waals surface area contributed by atoms with Gasteiger partial charge in [-0.15, -0.1) is 0 Å². The predicted octanol–water partition coefficient (Wildman–Crippen LogP) is 1.53. The molecule has 2 atom stereocenters. The SMILES string of the molecule is CC(C(O)c1cnn(C)n1)C(C)(C)C. The molecular formula is C10H19N3O. The first-order chi connectivity index (χ1) is 6.32. The van der Waals surface area contributed by atoms with Crippen LogP contribution in [0.3, 0.4) is 0 Å². The van der Waals surface area contributed by atoms with Gasteiger partial charge < -0.3 is 5.11 Å². The fraction of sp³-hybridized carbons (Fsp3) is 0.800. The Hall–Kier alpha value is -0.900. The average Bonchev–Trinajstić information content (AvgIpc) is 2.47. The molecule has 80 valence electrons. The van der Waals surface area contributed by atoms with Gasteiger partial charge in [-0.1, -0.05) is 27.7 Å². The monoisotopic (exact) mass is 197 g/mol. The van der Waals surface area contributed by atoms with Crippen molar-refractivity contribution in [1.82, 2.24) is 15.0 Å². The second kappa shape index (κ2) is 3.69. The summed E-state index contributed by atoms with van der Waals surface area (Å²) in [7, 11) is 1.75. The fourth-order valence-electron chi connectivity index (χ4n) is 1.23. The summed E-state index contributed by atoms with van der Waals surface area (Å²) >= 11 is 0. The Morgan fingerprint density at radius 2 is 2.00 bits per heavy atom. The van der Waals surface area contributed by atoms with Gasteiger partial charge in [-0.25, -0.2) is 0 Å². The molecule has 0 aliphatic heterocycles. The van der Waals surface area contributed by atoms with E-state index in [0.29, 0.717) is 5.69 Å². The summed E-state index contributed by atoms with van der Waals surface area (Å²) in [6.07, 6.45) is 1.08. The Morgan fingerprint density at radius 1 is 1.43 bits per heavy atom. The van der Waals surface area contributed by atoms with Crippen LogP contribution in [0.1, 0.15) is 39.5 Å². The highest BCUT2D eigenvalue weighted by Gasteiger charge is 2.29. The fourth-order valence-corrected chi connectivity index (χ4v) is 1.23. The maximum Gasteiger partial charge on any atom is 0.111 e. The van der Waals surface area contributed by atoms with Crippen LogP contribution in [-0.4, -0.2) is 20.1 Å². The maximum absolute atomic E-state index is 10.0. The summed E-state index contributed by atoms with van der Waals surface area (Å²) in [6.45, 7) is 8.35. The molecule has 0 amide bonds. The van der Waals surface area contributed by atoms with Crippen LogP contribution in [0.15, 0.2) is 6.20 Å². The van der Waals surface area contributed by atoms with Gasteiger partial charge in [0.15, 0.2) is 0 Å². The number of rotatable bonds is 2. The minimum atomic E-state index is -0.538. The summed E-state index contributed by atoms with van der Waals surface area (Å²) < 4.78 is 0. The minimum Gasteiger partial charge on any atom is -0.386 e. The van der Waals surface area contributed by atoms with Crippen LogP contribution in [0.25, 0.3) is 0 Å². The van der Waals surface area contributed by atoms with Crippen LogP contribution in [0.5, 0.6) is 0 Å². The molecule has 0 bridgehead atoms. The minimum absolute atomic E-state index is 0.0664. The molecule has 1 aromatic rings. The lowest BCUT2D eigenvalue weighted by Gasteiger charge is -2.30. The number of hydrogen-bond donors (Lipinski definition) is 1. The molecule has 0 aliphatic carbocycles. The topological polar surface area (TPSA) is 50.9 Å². The van der Waals surface area contributed by atoms with Gasteiger partial charge >= 0.3 is 0 Å². The third kappa shape index (κ3) is 2.32. The molecule has 0 aromatic carbocycles. The number of nitrogens with zero attached hydrogens (tertiary/aromatic N) is 3. The van der Waals surface area contributed by atoms with E-state index in [1.807, 2.05) is 6.92 Å². The van der Waals surface area contributed by atoms with Gasteiger partial charge in [-0.3, -0.25) is 0 Å². The van der Waals surface area contributed by atoms with Crippen molar-refractivity contribution in [3.63, 3.8) is 0 Å². The third-order valence-corrected chi connectivity index (χ3v) is 2.76. The van der Waals surface area contributed by atoms with Crippen molar-refractivity contribution in [2.45, 2.75) is 33.8 Å². The third-order valence-electron chi connectivity index (χ3n) is 2.76. The molecule has 0 spiro atoms. The molecule has 1 rings (SSSR count). The molecule has 1 aromatic heterocycles. The van der Waals surface area contributed by atoms with E-state index in [1.54, 1.807) is 13.2 Å². The van der Waals surface area contributed by atoms with Crippen molar-refractivity contribution in [3.8, 4) is 0 Å². The highest BCUT2D eigenvalue weighted by molar-refractivity contribution is 4.99. The average molecular weight is 197 g/mol. The first-order valence-electron chi connectivity index (χ1n) is 4.86. The van der Waals surface area contributed by atoms with E-state index in [0.717, 1.165) is 0 Å². The molecule has 14 heavy (non-hydrogen) atoms. The van der Waals surface area contributed by atoms with Crippen LogP contribution in [0.2, 0.25) is 0 Å². The Morgan fingerprint density at radius 3 is 2.36 bits per heavy atom. The quantitative estimate of drug-likeness (QED) is 0.782. The molecule has 4 nitrogen and oxygen atoms in total. The first-order valence-corrected chi connectivity index (χ1v) is 4.86. The van der Waals surface area contributed by atoms with Gasteiger partial charge in [-0.2, -0.15) is 15.0 Å². The zero-order chi connectivity index (χ0) is 10.9. The second-order valence-electron chi connectivity index (χ2n) is 4.86. The van der Waals surface area contributed by atoms with Crippen molar-refractivity contribution in [1.29, 1.82) is 0 Å². The highest BCUT2D eigenvalue weighted by atomic mass is 16.3. The summed E-state index contributed by atoms with van der Waals surface area (Å²) in [4.78, 5) is 1.47. The second-order valence-corrected chi connectivity index (χ2v) is 4.86. The smallest absolute Gasteiger partial charge is 0.111 e. The summed E-state index contributed by atoms with van der Waals surface area (Å²) in [6, 6.07) is 0. The molecule has 0 saturated heterocycles. The number of aliphatic hydroxyl groups excluding tert-OH is 1. The number of hydrogen-bond acceptors (Lipinski definition) is 3. The normalized spacial score (nSPS) is 16.7. The molecule has 1 N–H and O–H groups in total. The number of aryl methyl sites for hydroxylation is 1. The lowest BCUT2D eigenvalue weighted by molar-refractivity contribution is 0.0499. The molecular weight excluding hydrogens is 178 g/mol. The van der Waals surface area contributed by atoms with Gasteiger partial charge in [0.25, 0.3) is 0 Å². The van der Waals surface area contributed by atoms with Crippen molar-refractivity contribution in [2.75, 3.05) is 0 Å². The predicted molar refractivity (Wildman–Crippen MR) is 54.6 cm³/mol. The van der Waals surface area contributed by atoms with Gasteiger partial charge in [0.2, 0.25) is 0 Å². The van der Waals surface area contributed by atoms with Crippen LogP contribution in [0, 0.1) is 11.3 Å². The van der Waals surface area contributed by atoms with E-state index in [-0.39, 0.29) is 11.3 Å². The molecule has 0 fully saturated rings. The van der Waals surface area contributed by atoms with E-state index in [9.17, 15) is 5.11 Å². The highest BCUT2D eigenvalue weighted by Crippen LogP contribution is 2.34. The molecule has 0 saturated carbocycles. The molecule has 0 radical (unpaired) electrons. The molecule has 1 heterocycles. The van der Waals surface area contributed by atoms with Crippen molar-refractivity contribution in [2.24, 2.45) is 18.4 Å². The Balaban J connectivity index is 2.80. The number of aliphatic hydroxyl groups is 1. The zero-order valence-corrected chi connectivity index (χ0v) is 9.52. The maximum atomic E-state index is 10.0. The standard InChI is InChI=1S/C10H19N3O/c1-7(10(2,3)4)9(14)8-6-11-13(5)12-8/h6-7,9,14H,1-5H3. The molecule has 0 aliphatic rings. The van der Waals surface area contributed by atoms with E-state index >= 15 is 0 Å². The summed E-state index contributed by atoms with van der Waals surface area (Å²) in [5, 5.41) is 18.1. The van der Waals surface area contributed by atoms with E-state index in [2.05, 4.69) is 31.0 Å². The van der Waals surface area contributed by atoms with E-state index < -0.39 is 6.10 Å². The van der Waals surface area contributed by atoms with Gasteiger partial charge in [0, 0.05) is 7.05 Å². The number of aromatic nitrogens is 3. The van der Waals surface area contributed by atoms with Crippen LogP contribution < -0.4 is 0 Å². The van der Waals surface area contributed by atoms with Crippen LogP contribution >= 0.6 is 0 Å². The lowest BCUT2D eigenvalue weighted by Crippen LogP contribution is -2.24. The van der Waals surface area contributed by atoms with Gasteiger partial charge in [0.05, 0.1) is 6.20 Å². The first kappa shape index (κ1) is 11.2. The largest absolute Gasteiger partial charge is 0.386 e. The van der Waals surface area contributed by atoms with Crippen molar-refractivity contribution >= 4 is 0 Å². The summed E-state index contributed by atoms with van der Waals surface area (Å²) in [5.41, 5.74) is 0.714. The Kier molecular flexibility index (Phi) is 2.95. The molecule has 4 heteroatoms. The van der Waals surface area contributed by atoms with Crippen molar-refractivity contribution < 1.29 is 5.11 Å². The summed E-state index contributed by atoms with van der Waals surface area (Å²) in [5.74, 6) is 0.152. The van der Waals surface area contributed by atoms with Crippen molar-refractivity contribution in [3.05, 3.63) is 11.9 Å². The van der Waals surface area contributed by atoms with Crippen LogP contribution in [-0.2, 0) is 7.05 Å². The van der Waals surface area contributed by atoms with E-state index in [1.165, 1.54) is 4.80 Å². The Labute approximate surface area is 84.9 Å². The Bertz CT molecular complexity index is 301. The molecule has 2 unspecified atom stereocenters.